The third-order valence-corrected chi connectivity index (χ3v) is 3.20. The molecule has 0 aliphatic heterocycles. The van der Waals surface area contributed by atoms with Crippen molar-refractivity contribution in [3.8, 4) is 0 Å². The van der Waals surface area contributed by atoms with Gasteiger partial charge in [-0.1, -0.05) is 0 Å². The number of carbonyl (C=O) groups is 1. The highest BCUT2D eigenvalue weighted by atomic mass is 16.3. The molecule has 20 heavy (non-hydrogen) atoms. The van der Waals surface area contributed by atoms with Crippen molar-refractivity contribution in [2.75, 3.05) is 0 Å². The van der Waals surface area contributed by atoms with Gasteiger partial charge in [-0.25, -0.2) is 9.97 Å². The smallest absolute Gasteiger partial charge is 0.162 e. The molecule has 0 aliphatic rings. The summed E-state index contributed by atoms with van der Waals surface area (Å²) in [4.78, 5) is 20.4. The maximum atomic E-state index is 12.1. The fraction of sp³-hybridized carbons (Fsp3) is 0.188. The van der Waals surface area contributed by atoms with Gasteiger partial charge >= 0.3 is 0 Å². The van der Waals surface area contributed by atoms with Crippen LogP contribution in [0.25, 0.3) is 11.0 Å². The van der Waals surface area contributed by atoms with Crippen molar-refractivity contribution in [3.05, 3.63) is 60.4 Å². The first kappa shape index (κ1) is 12.5. The predicted molar refractivity (Wildman–Crippen MR) is 75.5 cm³/mol. The van der Waals surface area contributed by atoms with Crippen molar-refractivity contribution in [1.82, 2.24) is 9.97 Å². The van der Waals surface area contributed by atoms with E-state index < -0.39 is 0 Å². The van der Waals surface area contributed by atoms with Gasteiger partial charge in [-0.15, -0.1) is 0 Å². The van der Waals surface area contributed by atoms with Gasteiger partial charge in [0.1, 0.15) is 11.4 Å². The number of aryl methyl sites for hydroxylation is 1. The molecule has 0 radical (unpaired) electrons. The van der Waals surface area contributed by atoms with Crippen molar-refractivity contribution >= 4 is 16.8 Å². The Bertz CT molecular complexity index is 719. The van der Waals surface area contributed by atoms with Gasteiger partial charge in [-0.3, -0.25) is 4.79 Å². The van der Waals surface area contributed by atoms with E-state index in [9.17, 15) is 4.79 Å². The molecular weight excluding hydrogens is 252 g/mol. The van der Waals surface area contributed by atoms with Crippen molar-refractivity contribution in [2.45, 2.75) is 19.3 Å². The molecule has 3 rings (SSSR count). The van der Waals surface area contributed by atoms with Crippen LogP contribution in [0, 0.1) is 0 Å². The summed E-state index contributed by atoms with van der Waals surface area (Å²) in [5.41, 5.74) is 1.53. The van der Waals surface area contributed by atoms with Crippen molar-refractivity contribution < 1.29 is 9.21 Å². The van der Waals surface area contributed by atoms with E-state index in [0.717, 1.165) is 35.2 Å². The molecule has 3 aromatic rings. The molecule has 100 valence electrons. The summed E-state index contributed by atoms with van der Waals surface area (Å²) < 4.78 is 5.26. The second-order valence-corrected chi connectivity index (χ2v) is 4.61. The Morgan fingerprint density at radius 3 is 2.85 bits per heavy atom. The molecule has 4 heteroatoms. The van der Waals surface area contributed by atoms with Crippen LogP contribution in [0.3, 0.4) is 0 Å². The van der Waals surface area contributed by atoms with Gasteiger partial charge < -0.3 is 4.42 Å². The molecule has 4 nitrogen and oxygen atoms in total. The van der Waals surface area contributed by atoms with Gasteiger partial charge in [0.15, 0.2) is 5.78 Å². The highest BCUT2D eigenvalue weighted by molar-refractivity contribution is 5.99. The number of Topliss-reactive ketones (excluding diaryl/α,β-unsaturated/α-hetero) is 1. The number of nitrogens with zero attached hydrogens (tertiary/aromatic N) is 2. The quantitative estimate of drug-likeness (QED) is 0.664. The highest BCUT2D eigenvalue weighted by Gasteiger charge is 2.08. The first-order valence-electron chi connectivity index (χ1n) is 6.59. The monoisotopic (exact) mass is 266 g/mol. The number of hydrogen-bond donors (Lipinski definition) is 0. The topological polar surface area (TPSA) is 56.0 Å². The molecular formula is C16H14N2O2. The molecule has 0 atom stereocenters. The third kappa shape index (κ3) is 2.74. The fourth-order valence-corrected chi connectivity index (χ4v) is 2.15. The molecule has 0 unspecified atom stereocenters. The average molecular weight is 266 g/mol. The van der Waals surface area contributed by atoms with Gasteiger partial charge in [0, 0.05) is 36.2 Å². The van der Waals surface area contributed by atoms with Gasteiger partial charge in [0.05, 0.1) is 6.26 Å². The first-order valence-corrected chi connectivity index (χ1v) is 6.59. The molecule has 0 spiro atoms. The number of aromatic nitrogens is 2. The highest BCUT2D eigenvalue weighted by Crippen LogP contribution is 2.18. The van der Waals surface area contributed by atoms with Crippen LogP contribution < -0.4 is 0 Å². The first-order chi connectivity index (χ1) is 9.83. The lowest BCUT2D eigenvalue weighted by Crippen LogP contribution is -2.01. The van der Waals surface area contributed by atoms with Gasteiger partial charge in [-0.2, -0.15) is 0 Å². The summed E-state index contributed by atoms with van der Waals surface area (Å²) in [7, 11) is 0. The van der Waals surface area contributed by atoms with Crippen LogP contribution in [-0.4, -0.2) is 15.8 Å². The number of benzene rings is 1. The van der Waals surface area contributed by atoms with Crippen LogP contribution in [0.1, 0.15) is 29.0 Å². The Kier molecular flexibility index (Phi) is 3.54. The summed E-state index contributed by atoms with van der Waals surface area (Å²) >= 11 is 0. The maximum Gasteiger partial charge on any atom is 0.162 e. The van der Waals surface area contributed by atoms with E-state index in [1.165, 1.54) is 0 Å². The Balaban J connectivity index is 1.61. The van der Waals surface area contributed by atoms with E-state index in [2.05, 4.69) is 9.97 Å². The molecule has 0 N–H and O–H groups in total. The zero-order valence-electron chi connectivity index (χ0n) is 11.0. The summed E-state index contributed by atoms with van der Waals surface area (Å²) in [6.07, 6.45) is 7.05. The van der Waals surface area contributed by atoms with Crippen LogP contribution in [0.5, 0.6) is 0 Å². The number of rotatable bonds is 5. The minimum Gasteiger partial charge on any atom is -0.464 e. The normalized spacial score (nSPS) is 10.8. The second-order valence-electron chi connectivity index (χ2n) is 4.61. The largest absolute Gasteiger partial charge is 0.464 e. The van der Waals surface area contributed by atoms with Gasteiger partial charge in [-0.05, 0) is 36.8 Å². The summed E-state index contributed by atoms with van der Waals surface area (Å²) in [6.45, 7) is 0. The lowest BCUT2D eigenvalue weighted by Gasteiger charge is -2.01. The zero-order chi connectivity index (χ0) is 13.8. The molecule has 2 heterocycles. The molecule has 0 fully saturated rings. The summed E-state index contributed by atoms with van der Waals surface area (Å²) in [5, 5.41) is 0.960. The third-order valence-electron chi connectivity index (χ3n) is 3.20. The molecule has 0 saturated heterocycles. The second kappa shape index (κ2) is 5.65. The van der Waals surface area contributed by atoms with E-state index >= 15 is 0 Å². The van der Waals surface area contributed by atoms with E-state index in [0.29, 0.717) is 6.42 Å². The minimum atomic E-state index is 0.143. The molecule has 0 saturated carbocycles. The summed E-state index contributed by atoms with van der Waals surface area (Å²) in [6, 6.07) is 9.18. The van der Waals surface area contributed by atoms with Gasteiger partial charge in [0.25, 0.3) is 0 Å². The summed E-state index contributed by atoms with van der Waals surface area (Å²) in [5.74, 6) is 0.926. The van der Waals surface area contributed by atoms with Crippen LogP contribution in [0.15, 0.2) is 53.4 Å². The van der Waals surface area contributed by atoms with Crippen molar-refractivity contribution in [1.29, 1.82) is 0 Å². The standard InChI is InChI=1S/C16H14N2O2/c19-14(3-1-4-16-17-8-2-9-18-16)12-5-6-15-13(11-12)7-10-20-15/h2,5-11H,1,3-4H2. The molecule has 2 aromatic heterocycles. The van der Waals surface area contributed by atoms with Crippen LogP contribution in [0.2, 0.25) is 0 Å². The number of furan rings is 1. The van der Waals surface area contributed by atoms with Crippen LogP contribution in [-0.2, 0) is 6.42 Å². The molecule has 0 bridgehead atoms. The van der Waals surface area contributed by atoms with E-state index in [4.69, 9.17) is 4.42 Å². The van der Waals surface area contributed by atoms with E-state index in [-0.39, 0.29) is 5.78 Å². The predicted octanol–water partition coefficient (Wildman–Crippen LogP) is 3.43. The SMILES string of the molecule is O=C(CCCc1ncccn1)c1ccc2occc2c1. The van der Waals surface area contributed by atoms with Crippen LogP contribution in [0.4, 0.5) is 0 Å². The lowest BCUT2D eigenvalue weighted by atomic mass is 10.0. The van der Waals surface area contributed by atoms with Crippen molar-refractivity contribution in [3.63, 3.8) is 0 Å². The van der Waals surface area contributed by atoms with Gasteiger partial charge in [0.2, 0.25) is 0 Å². The Morgan fingerprint density at radius 2 is 2.00 bits per heavy atom. The van der Waals surface area contributed by atoms with E-state index in [1.807, 2.05) is 24.3 Å². The molecule has 0 aliphatic carbocycles. The van der Waals surface area contributed by atoms with Crippen molar-refractivity contribution in [2.24, 2.45) is 0 Å². The average Bonchev–Trinajstić information content (AvgIpc) is 2.95. The Morgan fingerprint density at radius 1 is 1.15 bits per heavy atom. The number of fused-ring (bicyclic) bond motifs is 1. The van der Waals surface area contributed by atoms with E-state index in [1.54, 1.807) is 24.7 Å². The molecule has 1 aromatic carbocycles. The Labute approximate surface area is 116 Å². The maximum absolute atomic E-state index is 12.1. The lowest BCUT2D eigenvalue weighted by molar-refractivity contribution is 0.0980. The Hall–Kier alpha value is -2.49. The fourth-order valence-electron chi connectivity index (χ4n) is 2.15. The molecule has 0 amide bonds. The minimum absolute atomic E-state index is 0.143. The number of carbonyl (C=O) groups excluding carboxylic acids is 1. The number of hydrogen-bond acceptors (Lipinski definition) is 4. The van der Waals surface area contributed by atoms with Crippen LogP contribution >= 0.6 is 0 Å². The zero-order valence-corrected chi connectivity index (χ0v) is 11.0. The number of ketones is 1.